The van der Waals surface area contributed by atoms with Crippen LogP contribution in [0.1, 0.15) is 27.0 Å². The molecule has 0 fully saturated rings. The molecule has 0 bridgehead atoms. The van der Waals surface area contributed by atoms with E-state index in [9.17, 15) is 9.59 Å². The van der Waals surface area contributed by atoms with Crippen molar-refractivity contribution < 1.29 is 23.8 Å². The van der Waals surface area contributed by atoms with Gasteiger partial charge >= 0.3 is 5.97 Å². The van der Waals surface area contributed by atoms with E-state index < -0.39 is 5.97 Å². The fraction of sp³-hybridized carbons (Fsp3) is 0.333. The van der Waals surface area contributed by atoms with Crippen LogP contribution in [-0.4, -0.2) is 38.2 Å². The Balaban J connectivity index is 1.42. The number of carbonyl (C=O) groups excluding carboxylic acids is 2. The lowest BCUT2D eigenvalue weighted by atomic mass is 10.1. The maximum atomic E-state index is 12.0. The minimum Gasteiger partial charge on any atom is -0.486 e. The molecule has 1 N–H and O–H groups in total. The molecule has 1 aliphatic heterocycles. The molecule has 6 nitrogen and oxygen atoms in total. The first kappa shape index (κ1) is 18.8. The van der Waals surface area contributed by atoms with E-state index in [1.807, 2.05) is 38.1 Å². The van der Waals surface area contributed by atoms with Crippen LogP contribution in [0.4, 0.5) is 0 Å². The van der Waals surface area contributed by atoms with E-state index in [4.69, 9.17) is 14.2 Å². The second kappa shape index (κ2) is 8.58. The Hall–Kier alpha value is -3.02. The molecule has 3 rings (SSSR count). The normalized spacial score (nSPS) is 12.4. The second-order valence-corrected chi connectivity index (χ2v) is 6.45. The molecular weight excluding hydrogens is 346 g/mol. The van der Waals surface area contributed by atoms with Crippen molar-refractivity contribution in [1.29, 1.82) is 0 Å². The minimum atomic E-state index is -0.500. The molecule has 2 aromatic rings. The Morgan fingerprint density at radius 2 is 1.78 bits per heavy atom. The highest BCUT2D eigenvalue weighted by molar-refractivity contribution is 5.91. The molecule has 0 aromatic heterocycles. The molecule has 0 spiro atoms. The van der Waals surface area contributed by atoms with E-state index in [-0.39, 0.29) is 12.5 Å². The maximum Gasteiger partial charge on any atom is 0.338 e. The standard InChI is InChI=1S/C21H23NO5/c1-14-3-5-17(11-15(14)2)21(24)27-13-20(23)22-8-7-16-4-6-18-19(12-16)26-10-9-25-18/h3-6,11-12H,7-10,13H2,1-2H3,(H,22,23). The summed E-state index contributed by atoms with van der Waals surface area (Å²) in [5.74, 6) is 0.643. The lowest BCUT2D eigenvalue weighted by Gasteiger charge is -2.18. The van der Waals surface area contributed by atoms with Crippen molar-refractivity contribution in [2.75, 3.05) is 26.4 Å². The lowest BCUT2D eigenvalue weighted by Crippen LogP contribution is -2.30. The van der Waals surface area contributed by atoms with Crippen molar-refractivity contribution in [3.8, 4) is 11.5 Å². The number of ether oxygens (including phenoxy) is 3. The maximum absolute atomic E-state index is 12.0. The zero-order valence-corrected chi connectivity index (χ0v) is 15.5. The Morgan fingerprint density at radius 1 is 1.00 bits per heavy atom. The molecule has 0 saturated carbocycles. The van der Waals surface area contributed by atoms with Crippen LogP contribution in [0.25, 0.3) is 0 Å². The van der Waals surface area contributed by atoms with Crippen LogP contribution in [0.5, 0.6) is 11.5 Å². The van der Waals surface area contributed by atoms with Crippen LogP contribution in [-0.2, 0) is 16.0 Å². The van der Waals surface area contributed by atoms with Gasteiger partial charge in [-0.25, -0.2) is 4.79 Å². The molecule has 0 saturated heterocycles. The fourth-order valence-electron chi connectivity index (χ4n) is 2.72. The number of esters is 1. The zero-order valence-electron chi connectivity index (χ0n) is 15.5. The van der Waals surface area contributed by atoms with Gasteiger partial charge in [-0.3, -0.25) is 4.79 Å². The van der Waals surface area contributed by atoms with Crippen LogP contribution in [0.3, 0.4) is 0 Å². The van der Waals surface area contributed by atoms with Crippen molar-refractivity contribution >= 4 is 11.9 Å². The lowest BCUT2D eigenvalue weighted by molar-refractivity contribution is -0.124. The van der Waals surface area contributed by atoms with E-state index >= 15 is 0 Å². The van der Waals surface area contributed by atoms with Gasteiger partial charge in [0.2, 0.25) is 0 Å². The van der Waals surface area contributed by atoms with E-state index in [1.54, 1.807) is 12.1 Å². The van der Waals surface area contributed by atoms with Gasteiger partial charge < -0.3 is 19.5 Å². The minimum absolute atomic E-state index is 0.299. The smallest absolute Gasteiger partial charge is 0.338 e. The number of hydrogen-bond acceptors (Lipinski definition) is 5. The Kier molecular flexibility index (Phi) is 5.96. The quantitative estimate of drug-likeness (QED) is 0.793. The predicted molar refractivity (Wildman–Crippen MR) is 100 cm³/mol. The summed E-state index contributed by atoms with van der Waals surface area (Å²) in [5, 5.41) is 2.75. The third-order valence-electron chi connectivity index (χ3n) is 4.42. The van der Waals surface area contributed by atoms with Gasteiger partial charge in [0.25, 0.3) is 5.91 Å². The van der Waals surface area contributed by atoms with Crippen LogP contribution in [0, 0.1) is 13.8 Å². The number of amides is 1. The first-order chi connectivity index (χ1) is 13.0. The first-order valence-electron chi connectivity index (χ1n) is 8.92. The Labute approximate surface area is 158 Å². The number of benzene rings is 2. The topological polar surface area (TPSA) is 73.9 Å². The zero-order chi connectivity index (χ0) is 19.2. The van der Waals surface area contributed by atoms with Gasteiger partial charge in [-0.05, 0) is 61.2 Å². The SMILES string of the molecule is Cc1ccc(C(=O)OCC(=O)NCCc2ccc3c(c2)OCCO3)cc1C. The molecule has 0 unspecified atom stereocenters. The van der Waals surface area contributed by atoms with E-state index in [1.165, 1.54) is 0 Å². The van der Waals surface area contributed by atoms with Crippen LogP contribution < -0.4 is 14.8 Å². The third kappa shape index (κ3) is 5.00. The van der Waals surface area contributed by atoms with Gasteiger partial charge in [0.15, 0.2) is 18.1 Å². The van der Waals surface area contributed by atoms with Crippen LogP contribution in [0.2, 0.25) is 0 Å². The molecule has 0 atom stereocenters. The molecule has 0 aliphatic carbocycles. The number of aryl methyl sites for hydroxylation is 2. The summed E-state index contributed by atoms with van der Waals surface area (Å²) in [4.78, 5) is 23.9. The number of nitrogens with one attached hydrogen (secondary N) is 1. The predicted octanol–water partition coefficient (Wildman–Crippen LogP) is 2.59. The van der Waals surface area contributed by atoms with Gasteiger partial charge in [0.05, 0.1) is 5.56 Å². The van der Waals surface area contributed by atoms with Crippen LogP contribution in [0.15, 0.2) is 36.4 Å². The summed E-state index contributed by atoms with van der Waals surface area (Å²) in [6.07, 6.45) is 0.646. The Morgan fingerprint density at radius 3 is 2.56 bits per heavy atom. The molecule has 27 heavy (non-hydrogen) atoms. The third-order valence-corrected chi connectivity index (χ3v) is 4.42. The van der Waals surface area contributed by atoms with Gasteiger partial charge in [0, 0.05) is 6.54 Å². The summed E-state index contributed by atoms with van der Waals surface area (Å²) in [6, 6.07) is 11.1. The van der Waals surface area contributed by atoms with Crippen molar-refractivity contribution in [1.82, 2.24) is 5.32 Å². The highest BCUT2D eigenvalue weighted by Gasteiger charge is 2.13. The molecule has 1 aliphatic rings. The van der Waals surface area contributed by atoms with Gasteiger partial charge in [0.1, 0.15) is 13.2 Å². The summed E-state index contributed by atoms with van der Waals surface area (Å²) in [6.45, 7) is 5.14. The van der Waals surface area contributed by atoms with Crippen molar-refractivity contribution in [2.45, 2.75) is 20.3 Å². The summed E-state index contributed by atoms with van der Waals surface area (Å²) in [7, 11) is 0. The van der Waals surface area contributed by atoms with E-state index in [0.29, 0.717) is 31.7 Å². The fourth-order valence-corrected chi connectivity index (χ4v) is 2.72. The van der Waals surface area contributed by atoms with Crippen molar-refractivity contribution in [2.24, 2.45) is 0 Å². The number of fused-ring (bicyclic) bond motifs is 1. The van der Waals surface area contributed by atoms with E-state index in [0.717, 1.165) is 28.2 Å². The van der Waals surface area contributed by atoms with E-state index in [2.05, 4.69) is 5.32 Å². The second-order valence-electron chi connectivity index (χ2n) is 6.45. The highest BCUT2D eigenvalue weighted by Crippen LogP contribution is 2.30. The number of rotatable bonds is 6. The Bertz CT molecular complexity index is 846. The molecule has 0 radical (unpaired) electrons. The molecular formula is C21H23NO5. The molecule has 1 heterocycles. The molecule has 6 heteroatoms. The number of hydrogen-bond donors (Lipinski definition) is 1. The molecule has 1 amide bonds. The van der Waals surface area contributed by atoms with Crippen LogP contribution >= 0.6 is 0 Å². The summed E-state index contributed by atoms with van der Waals surface area (Å²) >= 11 is 0. The van der Waals surface area contributed by atoms with Gasteiger partial charge in [-0.2, -0.15) is 0 Å². The van der Waals surface area contributed by atoms with Crippen molar-refractivity contribution in [3.63, 3.8) is 0 Å². The molecule has 2 aromatic carbocycles. The summed E-state index contributed by atoms with van der Waals surface area (Å²) in [5.41, 5.74) is 3.59. The van der Waals surface area contributed by atoms with Gasteiger partial charge in [-0.15, -0.1) is 0 Å². The molecule has 142 valence electrons. The van der Waals surface area contributed by atoms with Crippen molar-refractivity contribution in [3.05, 3.63) is 58.7 Å². The summed E-state index contributed by atoms with van der Waals surface area (Å²) < 4.78 is 16.1. The van der Waals surface area contributed by atoms with Gasteiger partial charge in [-0.1, -0.05) is 12.1 Å². The average molecular weight is 369 g/mol. The number of carbonyl (C=O) groups is 2. The first-order valence-corrected chi connectivity index (χ1v) is 8.92. The average Bonchev–Trinajstić information content (AvgIpc) is 2.68. The highest BCUT2D eigenvalue weighted by atomic mass is 16.6. The monoisotopic (exact) mass is 369 g/mol. The largest absolute Gasteiger partial charge is 0.486 e.